The molecule has 0 spiro atoms. The second-order valence-corrected chi connectivity index (χ2v) is 8.41. The van der Waals surface area contributed by atoms with Crippen LogP contribution in [-0.2, 0) is 22.6 Å². The monoisotopic (exact) mass is 503 g/mol. The first-order valence-corrected chi connectivity index (χ1v) is 11.4. The Hall–Kier alpha value is -3.73. The van der Waals surface area contributed by atoms with E-state index in [0.717, 1.165) is 43.0 Å². The third-order valence-corrected chi connectivity index (χ3v) is 6.11. The molecule has 1 fully saturated rings. The molecule has 3 N–H and O–H groups in total. The number of aliphatic carboxylic acids is 1. The van der Waals surface area contributed by atoms with Crippen molar-refractivity contribution in [1.29, 1.82) is 0 Å². The van der Waals surface area contributed by atoms with Crippen molar-refractivity contribution in [2.24, 2.45) is 5.73 Å². The minimum atomic E-state index is -5.08. The molecule has 0 atom stereocenters. The van der Waals surface area contributed by atoms with E-state index in [4.69, 9.17) is 15.6 Å². The third-order valence-electron chi connectivity index (χ3n) is 6.11. The number of carboxylic acids is 1. The van der Waals surface area contributed by atoms with Crippen LogP contribution < -0.4 is 5.73 Å². The Morgan fingerprint density at radius 1 is 1.06 bits per heavy atom. The van der Waals surface area contributed by atoms with E-state index in [9.17, 15) is 18.0 Å². The highest BCUT2D eigenvalue weighted by atomic mass is 19.4. The fourth-order valence-electron chi connectivity index (χ4n) is 4.15. The van der Waals surface area contributed by atoms with E-state index >= 15 is 0 Å². The molecular weight excluding hydrogens is 475 g/mol. The lowest BCUT2D eigenvalue weighted by molar-refractivity contribution is -0.192. The molecule has 36 heavy (non-hydrogen) atoms. The number of nitrogens with zero attached hydrogens (tertiary/aromatic N) is 4. The van der Waals surface area contributed by atoms with E-state index in [0.29, 0.717) is 18.9 Å². The number of piperidine rings is 1. The molecule has 0 saturated carbocycles. The highest BCUT2D eigenvalue weighted by molar-refractivity contribution is 5.78. The molecule has 3 aromatic rings. The number of carbonyl (C=O) groups excluding carboxylic acids is 1. The second kappa shape index (κ2) is 11.8. The zero-order valence-electron chi connectivity index (χ0n) is 19.8. The molecule has 1 amide bonds. The molecule has 1 aliphatic rings. The number of likely N-dealkylation sites (tertiary alicyclic amines) is 1. The van der Waals surface area contributed by atoms with Crippen molar-refractivity contribution < 1.29 is 27.9 Å². The van der Waals surface area contributed by atoms with Crippen LogP contribution in [0.15, 0.2) is 54.6 Å². The van der Waals surface area contributed by atoms with E-state index in [1.165, 1.54) is 11.1 Å². The van der Waals surface area contributed by atoms with Crippen molar-refractivity contribution in [2.45, 2.75) is 44.8 Å². The van der Waals surface area contributed by atoms with Crippen LogP contribution in [0, 0.1) is 6.92 Å². The molecule has 0 unspecified atom stereocenters. The zero-order valence-corrected chi connectivity index (χ0v) is 19.8. The van der Waals surface area contributed by atoms with Crippen LogP contribution >= 0.6 is 0 Å². The van der Waals surface area contributed by atoms with Gasteiger partial charge in [0.1, 0.15) is 0 Å². The molecule has 2 heterocycles. The molecule has 0 aliphatic carbocycles. The van der Waals surface area contributed by atoms with Gasteiger partial charge in [-0.2, -0.15) is 13.2 Å². The normalized spacial score (nSPS) is 14.2. The molecule has 8 nitrogen and oxygen atoms in total. The van der Waals surface area contributed by atoms with Crippen molar-refractivity contribution in [1.82, 2.24) is 19.9 Å². The van der Waals surface area contributed by atoms with Crippen LogP contribution in [0.2, 0.25) is 0 Å². The highest BCUT2D eigenvalue weighted by Gasteiger charge is 2.38. The summed E-state index contributed by atoms with van der Waals surface area (Å²) in [5.74, 6) is -2.16. The maximum absolute atomic E-state index is 12.9. The lowest BCUT2D eigenvalue weighted by Gasteiger charge is -2.33. The van der Waals surface area contributed by atoms with Gasteiger partial charge in [0.15, 0.2) is 0 Å². The molecule has 1 saturated heterocycles. The number of aromatic nitrogens is 3. The van der Waals surface area contributed by atoms with Gasteiger partial charge in [-0.15, -0.1) is 5.10 Å². The molecule has 0 bridgehead atoms. The number of benzene rings is 2. The minimum absolute atomic E-state index is 0.124. The number of hydrogen-bond donors (Lipinski definition) is 2. The van der Waals surface area contributed by atoms with E-state index in [1.807, 2.05) is 48.2 Å². The van der Waals surface area contributed by atoms with Gasteiger partial charge in [0.05, 0.1) is 23.5 Å². The van der Waals surface area contributed by atoms with Crippen molar-refractivity contribution in [3.8, 4) is 5.69 Å². The quantitative estimate of drug-likeness (QED) is 0.550. The van der Waals surface area contributed by atoms with Crippen LogP contribution in [0.25, 0.3) is 5.69 Å². The average molecular weight is 504 g/mol. The Balaban J connectivity index is 0.000000454. The summed E-state index contributed by atoms with van der Waals surface area (Å²) in [5.41, 5.74) is 11.1. The number of halogens is 3. The molecule has 1 aromatic heterocycles. The number of carboxylic acid groups (broad SMARTS) is 1. The Kier molecular flexibility index (Phi) is 8.81. The van der Waals surface area contributed by atoms with Crippen LogP contribution in [0.3, 0.4) is 0 Å². The molecule has 4 rings (SSSR count). The van der Waals surface area contributed by atoms with Gasteiger partial charge < -0.3 is 15.7 Å². The number of alkyl halides is 3. The number of carbonyl (C=O) groups is 2. The van der Waals surface area contributed by atoms with E-state index in [2.05, 4.69) is 28.5 Å². The first-order valence-electron chi connectivity index (χ1n) is 11.4. The van der Waals surface area contributed by atoms with Crippen molar-refractivity contribution in [3.05, 3.63) is 77.1 Å². The molecule has 2 aromatic carbocycles. The van der Waals surface area contributed by atoms with Gasteiger partial charge in [0, 0.05) is 19.6 Å². The van der Waals surface area contributed by atoms with Crippen molar-refractivity contribution in [2.75, 3.05) is 13.1 Å². The van der Waals surface area contributed by atoms with Gasteiger partial charge >= 0.3 is 12.1 Å². The third kappa shape index (κ3) is 6.69. The van der Waals surface area contributed by atoms with Crippen LogP contribution in [0.4, 0.5) is 13.2 Å². The maximum Gasteiger partial charge on any atom is 0.490 e. The molecule has 1 aliphatic heterocycles. The number of rotatable bonds is 5. The summed E-state index contributed by atoms with van der Waals surface area (Å²) in [6, 6.07) is 18.3. The molecule has 0 radical (unpaired) electrons. The fourth-order valence-corrected chi connectivity index (χ4v) is 4.15. The van der Waals surface area contributed by atoms with E-state index < -0.39 is 12.1 Å². The minimum Gasteiger partial charge on any atom is -0.475 e. The van der Waals surface area contributed by atoms with E-state index in [1.54, 1.807) is 4.68 Å². The summed E-state index contributed by atoms with van der Waals surface area (Å²) in [6.45, 7) is 4.07. The number of para-hydroxylation sites is 1. The van der Waals surface area contributed by atoms with Gasteiger partial charge in [-0.25, -0.2) is 9.48 Å². The predicted octanol–water partition coefficient (Wildman–Crippen LogP) is 3.62. The summed E-state index contributed by atoms with van der Waals surface area (Å²) >= 11 is 0. The zero-order chi connectivity index (χ0) is 26.3. The Morgan fingerprint density at radius 2 is 1.64 bits per heavy atom. The predicted molar refractivity (Wildman–Crippen MR) is 126 cm³/mol. The first kappa shape index (κ1) is 26.9. The summed E-state index contributed by atoms with van der Waals surface area (Å²) < 4.78 is 33.5. The largest absolute Gasteiger partial charge is 0.490 e. The Bertz CT molecular complexity index is 1170. The fraction of sp³-hybridized carbons (Fsp3) is 0.360. The smallest absolute Gasteiger partial charge is 0.475 e. The number of amides is 1. The SMILES string of the molecule is Cc1c(CC(=O)N2CCC(c3ccccc3CN)CC2)nnn1-c1ccccc1.O=C(O)C(F)(F)F. The first-order chi connectivity index (χ1) is 17.1. The Morgan fingerprint density at radius 3 is 2.22 bits per heavy atom. The number of hydrogen-bond acceptors (Lipinski definition) is 5. The van der Waals surface area contributed by atoms with Gasteiger partial charge in [-0.05, 0) is 48.9 Å². The summed E-state index contributed by atoms with van der Waals surface area (Å²) in [4.78, 5) is 23.7. The van der Waals surface area contributed by atoms with Crippen LogP contribution in [-0.4, -0.2) is 56.1 Å². The molecule has 192 valence electrons. The van der Waals surface area contributed by atoms with Crippen molar-refractivity contribution in [3.63, 3.8) is 0 Å². The van der Waals surface area contributed by atoms with Gasteiger partial charge in [0.2, 0.25) is 5.91 Å². The lowest BCUT2D eigenvalue weighted by Crippen LogP contribution is -2.39. The van der Waals surface area contributed by atoms with Crippen molar-refractivity contribution >= 4 is 11.9 Å². The molecule has 11 heteroatoms. The lowest BCUT2D eigenvalue weighted by atomic mass is 9.86. The topological polar surface area (TPSA) is 114 Å². The maximum atomic E-state index is 12.9. The Labute approximate surface area is 206 Å². The summed E-state index contributed by atoms with van der Waals surface area (Å²) in [6.07, 6.45) is -2.85. The standard InChI is InChI=1S/C23H27N5O.C2HF3O2/c1-17-22(25-26-28(17)20-8-3-2-4-9-20)15-23(29)27-13-11-18(12-14-27)21-10-6-5-7-19(21)16-24;3-2(4,5)1(6)7/h2-10,18H,11-16,24H2,1H3;(H,6,7). The van der Waals surface area contributed by atoms with Crippen LogP contribution in [0.5, 0.6) is 0 Å². The molecular formula is C25H28F3N5O3. The van der Waals surface area contributed by atoms with Gasteiger partial charge in [0.25, 0.3) is 0 Å². The summed E-state index contributed by atoms with van der Waals surface area (Å²) in [7, 11) is 0. The second-order valence-electron chi connectivity index (χ2n) is 8.41. The average Bonchev–Trinajstić information content (AvgIpc) is 3.24. The van der Waals surface area contributed by atoms with Gasteiger partial charge in [-0.1, -0.05) is 47.7 Å². The summed E-state index contributed by atoms with van der Waals surface area (Å²) in [5, 5.41) is 15.6. The van der Waals surface area contributed by atoms with Crippen LogP contribution in [0.1, 0.15) is 41.3 Å². The number of nitrogens with two attached hydrogens (primary N) is 1. The highest BCUT2D eigenvalue weighted by Crippen LogP contribution is 2.30. The van der Waals surface area contributed by atoms with E-state index in [-0.39, 0.29) is 5.91 Å². The van der Waals surface area contributed by atoms with Gasteiger partial charge in [-0.3, -0.25) is 4.79 Å².